The number of nitrogens with zero attached hydrogens (tertiary/aromatic N) is 2. The standard InChI is InChI=1S/C25H30ClN3O3/c1-3-32-18-14-12-17(13-15-18)24-16(2)23(25(31)27-20-9-5-7-11-22(20)30)28-29(24)21-10-6-4-8-19(21)26/h4,6,8,10,12-16,20,22,24,30H,3,5,7,9,11H2,1-2H3,(H,27,31)/t16-,20+,22+,24+/m1/s1. The van der Waals surface area contributed by atoms with E-state index in [2.05, 4.69) is 5.32 Å². The molecule has 32 heavy (non-hydrogen) atoms. The Bertz CT molecular complexity index is 979. The number of nitrogens with one attached hydrogen (secondary N) is 1. The summed E-state index contributed by atoms with van der Waals surface area (Å²) >= 11 is 6.51. The Kier molecular flexibility index (Phi) is 7.01. The quantitative estimate of drug-likeness (QED) is 0.661. The zero-order valence-electron chi connectivity index (χ0n) is 18.5. The lowest BCUT2D eigenvalue weighted by Gasteiger charge is -2.29. The van der Waals surface area contributed by atoms with Crippen LogP contribution in [0.5, 0.6) is 5.75 Å². The van der Waals surface area contributed by atoms with Crippen LogP contribution in [-0.4, -0.2) is 35.5 Å². The van der Waals surface area contributed by atoms with Gasteiger partial charge >= 0.3 is 0 Å². The maximum absolute atomic E-state index is 13.2. The van der Waals surface area contributed by atoms with Crippen LogP contribution in [0, 0.1) is 5.92 Å². The van der Waals surface area contributed by atoms with Crippen LogP contribution in [0.25, 0.3) is 0 Å². The van der Waals surface area contributed by atoms with Crippen molar-refractivity contribution in [1.29, 1.82) is 0 Å². The van der Waals surface area contributed by atoms with Gasteiger partial charge in [-0.3, -0.25) is 9.80 Å². The van der Waals surface area contributed by atoms with Crippen molar-refractivity contribution in [2.45, 2.75) is 57.7 Å². The van der Waals surface area contributed by atoms with E-state index in [0.717, 1.165) is 36.3 Å². The number of carbonyl (C=O) groups is 1. The Morgan fingerprint density at radius 2 is 1.91 bits per heavy atom. The van der Waals surface area contributed by atoms with Crippen molar-refractivity contribution in [2.24, 2.45) is 11.0 Å². The lowest BCUT2D eigenvalue weighted by molar-refractivity contribution is -0.116. The van der Waals surface area contributed by atoms with E-state index in [-0.39, 0.29) is 23.9 Å². The van der Waals surface area contributed by atoms with Crippen molar-refractivity contribution in [1.82, 2.24) is 5.32 Å². The van der Waals surface area contributed by atoms with E-state index in [4.69, 9.17) is 21.4 Å². The fourth-order valence-corrected chi connectivity index (χ4v) is 4.83. The molecule has 4 atom stereocenters. The van der Waals surface area contributed by atoms with Gasteiger partial charge in [-0.25, -0.2) is 0 Å². The molecule has 0 spiro atoms. The van der Waals surface area contributed by atoms with Gasteiger partial charge in [0.1, 0.15) is 11.5 Å². The number of benzene rings is 2. The molecule has 2 aromatic rings. The van der Waals surface area contributed by atoms with Crippen LogP contribution in [-0.2, 0) is 4.79 Å². The lowest BCUT2D eigenvalue weighted by Crippen LogP contribution is -2.48. The Morgan fingerprint density at radius 1 is 1.19 bits per heavy atom. The van der Waals surface area contributed by atoms with Gasteiger partial charge in [0, 0.05) is 5.92 Å². The molecule has 2 aromatic carbocycles. The Labute approximate surface area is 194 Å². The SMILES string of the molecule is CCOc1ccc([C@@H]2[C@H](C)C(C(=O)N[C@H]3CCCC[C@@H]3O)=NN2c2ccccc2Cl)cc1. The van der Waals surface area contributed by atoms with Gasteiger partial charge in [-0.05, 0) is 49.6 Å². The molecule has 170 valence electrons. The van der Waals surface area contributed by atoms with Crippen molar-refractivity contribution in [3.63, 3.8) is 0 Å². The number of rotatable bonds is 6. The van der Waals surface area contributed by atoms with Gasteiger partial charge in [-0.1, -0.05) is 55.6 Å². The van der Waals surface area contributed by atoms with Gasteiger partial charge in [-0.2, -0.15) is 5.10 Å². The van der Waals surface area contributed by atoms with Crippen molar-refractivity contribution < 1.29 is 14.6 Å². The number of ether oxygens (including phenoxy) is 1. The Morgan fingerprint density at radius 3 is 2.59 bits per heavy atom. The van der Waals surface area contributed by atoms with E-state index in [1.54, 1.807) is 0 Å². The number of hydrogen-bond acceptors (Lipinski definition) is 5. The number of hydrogen-bond donors (Lipinski definition) is 2. The lowest BCUT2D eigenvalue weighted by atomic mass is 9.89. The molecule has 4 rings (SSSR count). The molecule has 7 heteroatoms. The summed E-state index contributed by atoms with van der Waals surface area (Å²) in [6.07, 6.45) is 2.99. The number of aliphatic hydroxyl groups excluding tert-OH is 1. The van der Waals surface area contributed by atoms with E-state index in [1.807, 2.05) is 67.4 Å². The van der Waals surface area contributed by atoms with E-state index in [0.29, 0.717) is 23.8 Å². The zero-order chi connectivity index (χ0) is 22.7. The van der Waals surface area contributed by atoms with Crippen LogP contribution in [0.3, 0.4) is 0 Å². The molecule has 0 unspecified atom stereocenters. The molecule has 2 aliphatic rings. The summed E-state index contributed by atoms with van der Waals surface area (Å²) in [7, 11) is 0. The summed E-state index contributed by atoms with van der Waals surface area (Å²) < 4.78 is 5.58. The van der Waals surface area contributed by atoms with Crippen molar-refractivity contribution in [2.75, 3.05) is 11.6 Å². The summed E-state index contributed by atoms with van der Waals surface area (Å²) in [6, 6.07) is 15.0. The second-order valence-corrected chi connectivity index (χ2v) is 8.86. The fraction of sp³-hybridized carbons (Fsp3) is 0.440. The first-order valence-corrected chi connectivity index (χ1v) is 11.7. The highest BCUT2D eigenvalue weighted by atomic mass is 35.5. The fourth-order valence-electron chi connectivity index (χ4n) is 4.60. The van der Waals surface area contributed by atoms with Gasteiger partial charge in [0.05, 0.1) is 35.5 Å². The van der Waals surface area contributed by atoms with Gasteiger partial charge in [-0.15, -0.1) is 0 Å². The molecule has 1 heterocycles. The van der Waals surface area contributed by atoms with Crippen LogP contribution in [0.2, 0.25) is 5.02 Å². The molecule has 1 aliphatic carbocycles. The molecule has 1 amide bonds. The minimum atomic E-state index is -0.508. The summed E-state index contributed by atoms with van der Waals surface area (Å²) in [6.45, 7) is 4.56. The second kappa shape index (κ2) is 9.92. The molecule has 1 saturated carbocycles. The highest BCUT2D eigenvalue weighted by Gasteiger charge is 2.40. The van der Waals surface area contributed by atoms with Crippen LogP contribution >= 0.6 is 11.6 Å². The van der Waals surface area contributed by atoms with Crippen molar-refractivity contribution in [3.8, 4) is 5.75 Å². The first-order valence-electron chi connectivity index (χ1n) is 11.3. The number of anilines is 1. The number of hydrazone groups is 1. The minimum absolute atomic E-state index is 0.176. The number of halogens is 1. The van der Waals surface area contributed by atoms with E-state index < -0.39 is 6.10 Å². The smallest absolute Gasteiger partial charge is 0.268 e. The molecular weight excluding hydrogens is 426 g/mol. The van der Waals surface area contributed by atoms with E-state index in [1.165, 1.54) is 0 Å². The topological polar surface area (TPSA) is 74.2 Å². The predicted octanol–water partition coefficient (Wildman–Crippen LogP) is 4.71. The first kappa shape index (κ1) is 22.6. The third kappa shape index (κ3) is 4.62. The summed E-state index contributed by atoms with van der Waals surface area (Å²) in [5, 5.41) is 20.5. The summed E-state index contributed by atoms with van der Waals surface area (Å²) in [5.41, 5.74) is 2.21. The summed E-state index contributed by atoms with van der Waals surface area (Å²) in [4.78, 5) is 13.2. The number of para-hydroxylation sites is 1. The summed E-state index contributed by atoms with van der Waals surface area (Å²) in [5.74, 6) is 0.398. The van der Waals surface area contributed by atoms with Gasteiger partial charge in [0.2, 0.25) is 0 Å². The minimum Gasteiger partial charge on any atom is -0.494 e. The van der Waals surface area contributed by atoms with Crippen molar-refractivity contribution >= 4 is 28.9 Å². The van der Waals surface area contributed by atoms with Gasteiger partial charge < -0.3 is 15.2 Å². The van der Waals surface area contributed by atoms with Gasteiger partial charge in [0.15, 0.2) is 0 Å². The molecular formula is C25H30ClN3O3. The zero-order valence-corrected chi connectivity index (χ0v) is 19.3. The Hall–Kier alpha value is -2.57. The highest BCUT2D eigenvalue weighted by Crippen LogP contribution is 2.42. The average Bonchev–Trinajstić information content (AvgIpc) is 3.13. The van der Waals surface area contributed by atoms with Crippen LogP contribution < -0.4 is 15.1 Å². The third-order valence-electron chi connectivity index (χ3n) is 6.29. The first-order chi connectivity index (χ1) is 15.5. The average molecular weight is 456 g/mol. The molecule has 1 fully saturated rings. The number of carbonyl (C=O) groups excluding carboxylic acids is 1. The maximum atomic E-state index is 13.2. The van der Waals surface area contributed by atoms with Crippen LogP contribution in [0.15, 0.2) is 53.6 Å². The van der Waals surface area contributed by atoms with Gasteiger partial charge in [0.25, 0.3) is 5.91 Å². The Balaban J connectivity index is 1.65. The molecule has 0 bridgehead atoms. The highest BCUT2D eigenvalue weighted by molar-refractivity contribution is 6.41. The molecule has 2 N–H and O–H groups in total. The molecule has 6 nitrogen and oxygen atoms in total. The largest absolute Gasteiger partial charge is 0.494 e. The third-order valence-corrected chi connectivity index (χ3v) is 6.61. The van der Waals surface area contributed by atoms with Crippen molar-refractivity contribution in [3.05, 3.63) is 59.1 Å². The number of amides is 1. The van der Waals surface area contributed by atoms with Crippen LogP contribution in [0.4, 0.5) is 5.69 Å². The second-order valence-electron chi connectivity index (χ2n) is 8.45. The predicted molar refractivity (Wildman–Crippen MR) is 127 cm³/mol. The molecule has 1 aliphatic heterocycles. The molecule has 0 saturated heterocycles. The number of aliphatic hydroxyl groups is 1. The normalized spacial score (nSPS) is 25.4. The molecule has 0 radical (unpaired) electrons. The maximum Gasteiger partial charge on any atom is 0.268 e. The molecule has 0 aromatic heterocycles. The van der Waals surface area contributed by atoms with E-state index >= 15 is 0 Å². The van der Waals surface area contributed by atoms with E-state index in [9.17, 15) is 9.90 Å². The monoisotopic (exact) mass is 455 g/mol. The van der Waals surface area contributed by atoms with Crippen LogP contribution in [0.1, 0.15) is 51.1 Å².